The first-order valence-electron chi connectivity index (χ1n) is 5.92. The van der Waals surface area contributed by atoms with Gasteiger partial charge in [-0.3, -0.25) is 0 Å². The molecule has 0 aliphatic carbocycles. The fourth-order valence-electron chi connectivity index (χ4n) is 1.79. The van der Waals surface area contributed by atoms with Crippen LogP contribution in [0.15, 0.2) is 16.6 Å². The molecule has 1 rings (SSSR count). The molecule has 17 heavy (non-hydrogen) atoms. The lowest BCUT2D eigenvalue weighted by Gasteiger charge is -2.29. The predicted molar refractivity (Wildman–Crippen MR) is 76.3 cm³/mol. The minimum atomic E-state index is -0.183. The van der Waals surface area contributed by atoms with Crippen LogP contribution in [0.4, 0.5) is 0 Å². The monoisotopic (exact) mass is 299 g/mol. The summed E-state index contributed by atoms with van der Waals surface area (Å²) in [6.07, 6.45) is 0. The summed E-state index contributed by atoms with van der Waals surface area (Å²) in [4.78, 5) is 0. The molecule has 0 radical (unpaired) electrons. The quantitative estimate of drug-likeness (QED) is 0.854. The molecule has 0 heterocycles. The van der Waals surface area contributed by atoms with E-state index in [1.54, 1.807) is 0 Å². The van der Waals surface area contributed by atoms with Crippen LogP contribution < -0.4 is 5.73 Å². The Morgan fingerprint density at radius 1 is 1.18 bits per heavy atom. The molecule has 0 bridgehead atoms. The van der Waals surface area contributed by atoms with Crippen LogP contribution in [-0.2, 0) is 0 Å². The Balaban J connectivity index is 3.35. The second-order valence-corrected chi connectivity index (χ2v) is 6.85. The zero-order valence-corrected chi connectivity index (χ0v) is 12.8. The maximum atomic E-state index is 10.3. The van der Waals surface area contributed by atoms with Crippen molar-refractivity contribution in [3.63, 3.8) is 0 Å². The molecule has 2 nitrogen and oxygen atoms in total. The Kier molecular flexibility index (Phi) is 4.26. The fourth-order valence-corrected chi connectivity index (χ4v) is 2.28. The molecule has 0 saturated carbocycles. The average Bonchev–Trinajstić information content (AvgIpc) is 2.18. The van der Waals surface area contributed by atoms with E-state index in [0.29, 0.717) is 5.75 Å². The molecule has 0 aliphatic rings. The summed E-state index contributed by atoms with van der Waals surface area (Å²) >= 11 is 3.48. The van der Waals surface area contributed by atoms with Crippen LogP contribution in [-0.4, -0.2) is 5.11 Å². The predicted octanol–water partition coefficient (Wildman–Crippen LogP) is 4.32. The van der Waals surface area contributed by atoms with Gasteiger partial charge in [0.1, 0.15) is 5.75 Å². The van der Waals surface area contributed by atoms with Gasteiger partial charge in [0.25, 0.3) is 0 Å². The lowest BCUT2D eigenvalue weighted by atomic mass is 9.81. The van der Waals surface area contributed by atoms with Crippen LogP contribution in [0.1, 0.15) is 57.7 Å². The molecular weight excluding hydrogens is 278 g/mol. The third-order valence-corrected chi connectivity index (χ3v) is 3.48. The Hall–Kier alpha value is -0.540. The second kappa shape index (κ2) is 4.99. The van der Waals surface area contributed by atoms with E-state index < -0.39 is 0 Å². The number of hydrogen-bond donors (Lipinski definition) is 2. The van der Waals surface area contributed by atoms with Crippen LogP contribution in [0.25, 0.3) is 0 Å². The Labute approximate surface area is 112 Å². The molecule has 0 amide bonds. The van der Waals surface area contributed by atoms with E-state index in [-0.39, 0.29) is 17.4 Å². The Morgan fingerprint density at radius 2 is 1.65 bits per heavy atom. The summed E-state index contributed by atoms with van der Waals surface area (Å²) in [5.74, 6) is 0.615. The first-order chi connectivity index (χ1) is 7.64. The molecular formula is C14H22BrNO. The summed E-state index contributed by atoms with van der Waals surface area (Å²) in [7, 11) is 0. The summed E-state index contributed by atoms with van der Waals surface area (Å²) in [5, 5.41) is 10.3. The maximum Gasteiger partial charge on any atom is 0.123 e. The van der Waals surface area contributed by atoms with Crippen molar-refractivity contribution >= 4 is 15.9 Å². The number of hydrogen-bond acceptors (Lipinski definition) is 2. The SMILES string of the molecule is CC(C)c1cc(Br)cc(C(N)C(C)(C)C)c1O. The Bertz CT molecular complexity index is 407. The third-order valence-electron chi connectivity index (χ3n) is 3.02. The summed E-state index contributed by atoms with van der Waals surface area (Å²) in [5.41, 5.74) is 7.91. The van der Waals surface area contributed by atoms with Gasteiger partial charge in [0.05, 0.1) is 0 Å². The van der Waals surface area contributed by atoms with Crippen molar-refractivity contribution in [3.05, 3.63) is 27.7 Å². The van der Waals surface area contributed by atoms with Crippen molar-refractivity contribution in [2.45, 2.75) is 46.6 Å². The van der Waals surface area contributed by atoms with Gasteiger partial charge in [-0.05, 0) is 29.0 Å². The van der Waals surface area contributed by atoms with E-state index in [4.69, 9.17) is 5.73 Å². The molecule has 3 N–H and O–H groups in total. The fraction of sp³-hybridized carbons (Fsp3) is 0.571. The largest absolute Gasteiger partial charge is 0.507 e. The smallest absolute Gasteiger partial charge is 0.123 e. The van der Waals surface area contributed by atoms with E-state index in [0.717, 1.165) is 15.6 Å². The third kappa shape index (κ3) is 3.23. The highest BCUT2D eigenvalue weighted by atomic mass is 79.9. The molecule has 0 saturated heterocycles. The number of nitrogens with two attached hydrogens (primary N) is 1. The van der Waals surface area contributed by atoms with Crippen LogP contribution in [0, 0.1) is 5.41 Å². The average molecular weight is 300 g/mol. The molecule has 96 valence electrons. The van der Waals surface area contributed by atoms with E-state index >= 15 is 0 Å². The van der Waals surface area contributed by atoms with Gasteiger partial charge in [0.2, 0.25) is 0 Å². The molecule has 0 fully saturated rings. The van der Waals surface area contributed by atoms with Gasteiger partial charge in [0.15, 0.2) is 0 Å². The minimum absolute atomic E-state index is 0.0769. The van der Waals surface area contributed by atoms with Crippen LogP contribution >= 0.6 is 15.9 Å². The van der Waals surface area contributed by atoms with Crippen molar-refractivity contribution in [2.24, 2.45) is 11.1 Å². The van der Waals surface area contributed by atoms with E-state index in [1.165, 1.54) is 0 Å². The summed E-state index contributed by atoms with van der Waals surface area (Å²) < 4.78 is 0.966. The van der Waals surface area contributed by atoms with Gasteiger partial charge in [-0.1, -0.05) is 50.5 Å². The van der Waals surface area contributed by atoms with E-state index in [1.807, 2.05) is 12.1 Å². The number of halogens is 1. The number of aromatic hydroxyl groups is 1. The van der Waals surface area contributed by atoms with Gasteiger partial charge in [0, 0.05) is 16.1 Å². The molecule has 0 aromatic heterocycles. The number of phenols is 1. The minimum Gasteiger partial charge on any atom is -0.507 e. The zero-order valence-electron chi connectivity index (χ0n) is 11.2. The van der Waals surface area contributed by atoms with Crippen molar-refractivity contribution < 1.29 is 5.11 Å². The van der Waals surface area contributed by atoms with Gasteiger partial charge in [-0.15, -0.1) is 0 Å². The first-order valence-corrected chi connectivity index (χ1v) is 6.71. The van der Waals surface area contributed by atoms with Crippen molar-refractivity contribution in [2.75, 3.05) is 0 Å². The number of benzene rings is 1. The molecule has 0 spiro atoms. The topological polar surface area (TPSA) is 46.2 Å². The molecule has 1 aromatic rings. The maximum absolute atomic E-state index is 10.3. The summed E-state index contributed by atoms with van der Waals surface area (Å²) in [6.45, 7) is 10.4. The van der Waals surface area contributed by atoms with Crippen molar-refractivity contribution in [1.82, 2.24) is 0 Å². The van der Waals surface area contributed by atoms with E-state index in [2.05, 4.69) is 50.5 Å². The Morgan fingerprint density at radius 3 is 2.06 bits per heavy atom. The number of rotatable bonds is 2. The first kappa shape index (κ1) is 14.5. The van der Waals surface area contributed by atoms with E-state index in [9.17, 15) is 5.11 Å². The molecule has 1 aromatic carbocycles. The molecule has 1 atom stereocenters. The zero-order chi connectivity index (χ0) is 13.4. The van der Waals surface area contributed by atoms with Crippen molar-refractivity contribution in [1.29, 1.82) is 0 Å². The van der Waals surface area contributed by atoms with Gasteiger partial charge in [-0.2, -0.15) is 0 Å². The van der Waals surface area contributed by atoms with Crippen molar-refractivity contribution in [3.8, 4) is 5.75 Å². The second-order valence-electron chi connectivity index (χ2n) is 5.93. The number of phenolic OH excluding ortho intramolecular Hbond substituents is 1. The van der Waals surface area contributed by atoms with Gasteiger partial charge >= 0.3 is 0 Å². The lowest BCUT2D eigenvalue weighted by molar-refractivity contribution is 0.316. The van der Waals surface area contributed by atoms with Gasteiger partial charge < -0.3 is 10.8 Å². The van der Waals surface area contributed by atoms with Crippen LogP contribution in [0.2, 0.25) is 0 Å². The highest BCUT2D eigenvalue weighted by Crippen LogP contribution is 2.40. The standard InChI is InChI=1S/C14H22BrNO/c1-8(2)10-6-9(15)7-11(12(10)17)13(16)14(3,4)5/h6-8,13,17H,16H2,1-5H3. The van der Waals surface area contributed by atoms with Crippen LogP contribution in [0.3, 0.4) is 0 Å². The molecule has 3 heteroatoms. The summed E-state index contributed by atoms with van der Waals surface area (Å²) in [6, 6.07) is 3.69. The lowest BCUT2D eigenvalue weighted by Crippen LogP contribution is -2.26. The van der Waals surface area contributed by atoms with Gasteiger partial charge in [-0.25, -0.2) is 0 Å². The molecule has 0 aliphatic heterocycles. The highest BCUT2D eigenvalue weighted by Gasteiger charge is 2.26. The normalized spacial score (nSPS) is 14.1. The highest BCUT2D eigenvalue weighted by molar-refractivity contribution is 9.10. The van der Waals surface area contributed by atoms with Crippen LogP contribution in [0.5, 0.6) is 5.75 Å². The molecule has 1 unspecified atom stereocenters.